The minimum atomic E-state index is -2.32. The Morgan fingerprint density at radius 3 is 0.760 bits per heavy atom. The smallest absolute Gasteiger partial charge is 0.0146 e. The Morgan fingerprint density at radius 2 is 0.520 bits per heavy atom. The van der Waals surface area contributed by atoms with E-state index in [1.54, 1.807) is 71.3 Å². The molecule has 12 aromatic rings. The molecular formula is C117H130Cl9N8O13Ru3-3. The third-order valence-electron chi connectivity index (χ3n) is 24.0. The number of carbonyl (C=O) groups is 3. The average molecular weight is 2480 g/mol. The number of ether oxygens (including phenoxy) is 6. The van der Waals surface area contributed by atoms with Crippen LogP contribution in [0, 0.1) is 165 Å². The van der Waals surface area contributed by atoms with Crippen LogP contribution >= 0.6 is 92.9 Å². The van der Waals surface area contributed by atoms with Gasteiger partial charge in [-0.05, 0) is 191 Å². The van der Waals surface area contributed by atoms with Crippen LogP contribution < -0.4 is 43.6 Å². The third kappa shape index (κ3) is 35.1. The molecule has 0 N–H and O–H groups in total. The predicted molar refractivity (Wildman–Crippen MR) is 613 cm³/mol. The van der Waals surface area contributed by atoms with Crippen molar-refractivity contribution in [3.63, 3.8) is 0 Å². The number of aryl methyl sites for hydroxylation is 18. The van der Waals surface area contributed by atoms with E-state index in [1.807, 2.05) is 53.7 Å². The van der Waals surface area contributed by atoms with E-state index >= 15 is 0 Å². The second-order valence-corrected chi connectivity index (χ2v) is 56.5. The molecule has 150 heavy (non-hydrogen) atoms. The molecule has 0 unspecified atom stereocenters. The van der Waals surface area contributed by atoms with Crippen LogP contribution in [0.5, 0.6) is 17.2 Å². The van der Waals surface area contributed by atoms with E-state index in [0.717, 1.165) is 39.3 Å². The van der Waals surface area contributed by atoms with Crippen molar-refractivity contribution in [1.29, 1.82) is 0 Å². The first-order valence-electron chi connectivity index (χ1n) is 48.4. The number of anilines is 6. The fourth-order valence-electron chi connectivity index (χ4n) is 18.9. The number of para-hydroxylation sites is 1. The van der Waals surface area contributed by atoms with E-state index in [-0.39, 0.29) is 66.2 Å². The van der Waals surface area contributed by atoms with E-state index in [1.165, 1.54) is 180 Å². The van der Waals surface area contributed by atoms with Gasteiger partial charge < -0.3 is 29.4 Å². The number of carbonyl (C=O) groups excluding carboxylic acids is 3. The normalized spacial score (nSPS) is 12.8. The Hall–Kier alpha value is -9.86. The van der Waals surface area contributed by atoms with Crippen molar-refractivity contribution < 1.29 is 93.2 Å². The molecule has 0 saturated carbocycles. The minimum Gasteiger partial charge on any atom is -0.502 e. The van der Waals surface area contributed by atoms with Crippen molar-refractivity contribution in [3.8, 4) is 17.2 Å². The Morgan fingerprint density at radius 1 is 0.307 bits per heavy atom. The molecule has 3 aliphatic rings. The topological polar surface area (TPSA) is 212 Å². The fraction of sp³-hybridized carbons (Fsp3) is 0.308. The first-order valence-corrected chi connectivity index (χ1v) is 66.0. The molecule has 806 valence electrons. The van der Waals surface area contributed by atoms with Gasteiger partial charge in [0.25, 0.3) is 0 Å². The number of hydrogen-bond donors (Lipinski definition) is 0. The van der Waals surface area contributed by atoms with Gasteiger partial charge in [-0.25, -0.2) is 0 Å². The zero-order valence-corrected chi connectivity index (χ0v) is 101. The molecule has 0 aromatic heterocycles. The molecule has 3 heterocycles. The van der Waals surface area contributed by atoms with Crippen molar-refractivity contribution >= 4 is 170 Å². The Labute approximate surface area is 938 Å². The summed E-state index contributed by atoms with van der Waals surface area (Å²) in [7, 11) is 35.4. The number of benzene rings is 12. The number of non-ortho nitro benzene ring substituents is 2. The van der Waals surface area contributed by atoms with Crippen LogP contribution in [0.4, 0.5) is 45.5 Å². The quantitative estimate of drug-likeness (QED) is 0.0123. The van der Waals surface area contributed by atoms with Crippen LogP contribution in [0.25, 0.3) is 0 Å². The molecule has 0 radical (unpaired) electrons. The SMILES string of the molecule is CC(C)Oc1ccc(Cl)cc1COC(=O)c1ccc(Cl)cc1[CH]=[Ru]([Cl])[Cl].CC(C)Oc1ccc(Cl)cc1COC(=O)c1ccc([N+](=O)[O-])cc1[CH]=[Ru]([Cl])[Cl].CC(C)Oc1ccccc1COC(=O)c1ccc([N+](=O)[O-])cc1[CH]=[Ru]([Cl])[Cl].Cc1cc(C)c(N2[CH-]N(c3c(C)cc(C)cc3C)CC2)c(C)c1.Cc1cc(C)c(N2[CH-]N(c3c(C)cc(C)cc3C)CC2)c(C)c1.Cc1cc(C)c(N2[CH-]N(c3c(C)cc(C)cc3C)CC2)c(C)c1. The van der Waals surface area contributed by atoms with Crippen molar-refractivity contribution in [1.82, 2.24) is 0 Å². The van der Waals surface area contributed by atoms with Crippen LogP contribution in [0.2, 0.25) is 15.1 Å². The van der Waals surface area contributed by atoms with Crippen LogP contribution in [0.1, 0.15) is 206 Å². The number of esters is 3. The van der Waals surface area contributed by atoms with E-state index in [4.69, 9.17) is 121 Å². The number of nitrogens with zero attached hydrogens (tertiary/aromatic N) is 8. The van der Waals surface area contributed by atoms with Crippen LogP contribution in [0.3, 0.4) is 0 Å². The number of nitro groups is 2. The molecule has 3 aliphatic heterocycles. The van der Waals surface area contributed by atoms with E-state index in [2.05, 4.69) is 247 Å². The van der Waals surface area contributed by atoms with E-state index in [0.29, 0.717) is 65.7 Å². The van der Waals surface area contributed by atoms with E-state index in [9.17, 15) is 34.6 Å². The molecule has 0 atom stereocenters. The van der Waals surface area contributed by atoms with Crippen LogP contribution in [-0.2, 0) is 74.6 Å². The number of rotatable bonds is 26. The van der Waals surface area contributed by atoms with Gasteiger partial charge in [0.1, 0.15) is 0 Å². The van der Waals surface area contributed by atoms with Gasteiger partial charge in [-0.2, -0.15) is 20.0 Å². The number of hydrogen-bond acceptors (Lipinski definition) is 19. The molecule has 12 aromatic carbocycles. The molecule has 0 aliphatic carbocycles. The largest absolute Gasteiger partial charge is 0.502 e. The Balaban J connectivity index is 0.000000184. The zero-order valence-electron chi connectivity index (χ0n) is 88.8. The van der Waals surface area contributed by atoms with Gasteiger partial charge >= 0.3 is 527 Å². The van der Waals surface area contributed by atoms with Crippen LogP contribution in [-0.4, -0.2) is 99.2 Å². The monoisotopic (exact) mass is 2480 g/mol. The van der Waals surface area contributed by atoms with Crippen molar-refractivity contribution in [2.45, 2.75) is 204 Å². The van der Waals surface area contributed by atoms with Gasteiger partial charge in [0.05, 0.1) is 0 Å². The summed E-state index contributed by atoms with van der Waals surface area (Å²) >= 11 is 11.3. The first kappa shape index (κ1) is 122. The molecule has 3 saturated heterocycles. The van der Waals surface area contributed by atoms with Crippen LogP contribution in [0.15, 0.2) is 188 Å². The summed E-state index contributed by atoms with van der Waals surface area (Å²) in [6.07, 6.45) is -0.106. The minimum absolute atomic E-state index is 0.00112. The van der Waals surface area contributed by atoms with Gasteiger partial charge in [0.2, 0.25) is 0 Å². The maximum Gasteiger partial charge on any atom is 0.0146 e. The Kier molecular flexibility index (Phi) is 46.2. The van der Waals surface area contributed by atoms with Gasteiger partial charge in [-0.15, -0.1) is 0 Å². The van der Waals surface area contributed by atoms with Gasteiger partial charge in [-0.3, -0.25) is 0 Å². The average Bonchev–Trinajstić information content (AvgIpc) is 1.64. The second kappa shape index (κ2) is 56.8. The zero-order chi connectivity index (χ0) is 110. The summed E-state index contributed by atoms with van der Waals surface area (Å²) < 4.78 is 37.9. The van der Waals surface area contributed by atoms with Crippen molar-refractivity contribution in [2.24, 2.45) is 0 Å². The van der Waals surface area contributed by atoms with Crippen molar-refractivity contribution in [2.75, 3.05) is 68.7 Å². The summed E-state index contributed by atoms with van der Waals surface area (Å²) in [4.78, 5) is 72.9. The molecule has 33 heteroatoms. The molecule has 21 nitrogen and oxygen atoms in total. The molecular weight excluding hydrogens is 2350 g/mol. The van der Waals surface area contributed by atoms with Gasteiger partial charge in [0, 0.05) is 73.4 Å². The first-order chi connectivity index (χ1) is 70.8. The Bertz CT molecular complexity index is 6400. The molecule has 0 spiro atoms. The predicted octanol–water partition coefficient (Wildman–Crippen LogP) is 31.4. The maximum absolute atomic E-state index is 12.6. The third-order valence-corrected chi connectivity index (χ3v) is 30.2. The summed E-state index contributed by atoms with van der Waals surface area (Å²) in [5.74, 6) is 0.00278. The summed E-state index contributed by atoms with van der Waals surface area (Å²) in [6, 6.07) is 57.3. The standard InChI is InChI=1S/3C21H27N2.C18H16Cl2O3.C18H16ClNO5.C18H17NO5.6ClH.3Ru/c3*1-14-9-16(3)20(17(4)10-14)22-7-8-23(13-22)21-18(5)11-15(2)12-19(21)6;1-11(2)23-17-7-5-15(20)9-13(17)10-22-18(21)16-6-4-14(19)8-12(16)3;1-11(2)25-17-7-4-14(19)9-13(17)10-24-18(21)16-6-5-15(20(22)23)8-12(16)3;1-12(2)24-17-7-5-4-6-14(17)11-23-18(20)16-9-8-15(19(21)22)10-13(16)3;;;;;;;;;/h3*9-13H,7-8H2,1-6H3;3-9,11H,10H2,1-2H3;3-9,11H,10H2,1-2H3;3-10,12H,11H2,1-2H3;6*1H;;;/q3*-1;;;;;;;;;;3*+2/p-6. The molecule has 0 amide bonds. The molecule has 3 fully saturated rings. The maximum atomic E-state index is 12.6. The fourth-order valence-corrected chi connectivity index (χ4v) is 24.9. The summed E-state index contributed by atoms with van der Waals surface area (Å²) in [5, 5.41) is 23.4. The number of nitro benzene ring substituents is 2. The van der Waals surface area contributed by atoms with Gasteiger partial charge in [-0.1, -0.05) is 106 Å². The van der Waals surface area contributed by atoms with Crippen molar-refractivity contribution in [3.05, 3.63) is 394 Å². The second-order valence-electron chi connectivity index (χ2n) is 38.0. The number of halogens is 9. The van der Waals surface area contributed by atoms with Gasteiger partial charge in [0.15, 0.2) is 0 Å². The molecule has 0 bridgehead atoms. The molecule has 15 rings (SSSR count). The summed E-state index contributed by atoms with van der Waals surface area (Å²) in [6.45, 7) is 64.0. The van der Waals surface area contributed by atoms with E-state index < -0.39 is 68.3 Å². The summed E-state index contributed by atoms with van der Waals surface area (Å²) in [5.41, 5.74) is 36.0.